The molecular formula is C26H35F5O. The smallest absolute Gasteiger partial charge is 0.399 e. The Morgan fingerprint density at radius 1 is 0.844 bits per heavy atom. The van der Waals surface area contributed by atoms with Crippen molar-refractivity contribution in [2.24, 2.45) is 23.7 Å². The fourth-order valence-corrected chi connectivity index (χ4v) is 5.79. The van der Waals surface area contributed by atoms with E-state index in [1.807, 2.05) is 6.08 Å². The molecule has 1 aromatic carbocycles. The van der Waals surface area contributed by atoms with Crippen molar-refractivity contribution < 1.29 is 26.7 Å². The van der Waals surface area contributed by atoms with Gasteiger partial charge in [0.2, 0.25) is 5.75 Å². The largest absolute Gasteiger partial charge is 0.573 e. The van der Waals surface area contributed by atoms with E-state index >= 15 is 0 Å². The van der Waals surface area contributed by atoms with Crippen molar-refractivity contribution in [3.63, 3.8) is 0 Å². The van der Waals surface area contributed by atoms with E-state index in [1.165, 1.54) is 51.4 Å². The molecule has 0 spiro atoms. The number of allylic oxidation sites excluding steroid dienone is 1. The van der Waals surface area contributed by atoms with Crippen molar-refractivity contribution in [2.75, 3.05) is 0 Å². The van der Waals surface area contributed by atoms with Gasteiger partial charge in [0.05, 0.1) is 0 Å². The van der Waals surface area contributed by atoms with Crippen molar-refractivity contribution in [3.05, 3.63) is 42.0 Å². The summed E-state index contributed by atoms with van der Waals surface area (Å²) in [6.45, 7) is 3.80. The number of alkyl halides is 3. The lowest BCUT2D eigenvalue weighted by Gasteiger charge is -2.38. The third-order valence-corrected chi connectivity index (χ3v) is 7.59. The normalized spacial score (nSPS) is 26.7. The molecule has 3 rings (SSSR count). The maximum atomic E-state index is 13.9. The van der Waals surface area contributed by atoms with Crippen LogP contribution in [0.3, 0.4) is 0 Å². The fraction of sp³-hybridized carbons (Fsp3) is 0.692. The quantitative estimate of drug-likeness (QED) is 0.204. The molecule has 0 radical (unpaired) electrons. The number of unbranched alkanes of at least 4 members (excludes halogenated alkanes) is 1. The van der Waals surface area contributed by atoms with Gasteiger partial charge in [-0.25, -0.2) is 8.78 Å². The third-order valence-electron chi connectivity index (χ3n) is 7.59. The number of halogens is 5. The van der Waals surface area contributed by atoms with Crippen molar-refractivity contribution >= 4 is 0 Å². The summed E-state index contributed by atoms with van der Waals surface area (Å²) >= 11 is 0. The predicted molar refractivity (Wildman–Crippen MR) is 116 cm³/mol. The van der Waals surface area contributed by atoms with Crippen molar-refractivity contribution in [1.29, 1.82) is 0 Å². The van der Waals surface area contributed by atoms with E-state index in [2.05, 4.69) is 11.3 Å². The standard InChI is InChI=1S/C26H35F5O/c1-2-3-4-5-18-8-12-21(13-9-18)22-14-10-19(11-15-22)6-7-20-16-23(27)25(24(28)17-20)32-26(29,30)31/h2,16-19,21-22H,1,3-15H2. The number of hydrogen-bond acceptors (Lipinski definition) is 1. The first-order chi connectivity index (χ1) is 15.2. The molecule has 2 aliphatic carbocycles. The molecule has 0 atom stereocenters. The Morgan fingerprint density at radius 2 is 1.34 bits per heavy atom. The highest BCUT2D eigenvalue weighted by molar-refractivity contribution is 5.31. The highest BCUT2D eigenvalue weighted by Crippen LogP contribution is 2.43. The zero-order valence-electron chi connectivity index (χ0n) is 18.7. The Kier molecular flexibility index (Phi) is 9.01. The topological polar surface area (TPSA) is 9.23 Å². The van der Waals surface area contributed by atoms with Crippen LogP contribution in [0.1, 0.15) is 82.6 Å². The van der Waals surface area contributed by atoms with E-state index in [9.17, 15) is 22.0 Å². The van der Waals surface area contributed by atoms with Gasteiger partial charge in [0.25, 0.3) is 0 Å². The number of aryl methyl sites for hydroxylation is 1. The molecule has 0 heterocycles. The molecule has 0 bridgehead atoms. The van der Waals surface area contributed by atoms with E-state index in [-0.39, 0.29) is 0 Å². The van der Waals surface area contributed by atoms with Crippen molar-refractivity contribution in [3.8, 4) is 5.75 Å². The molecule has 32 heavy (non-hydrogen) atoms. The second-order valence-corrected chi connectivity index (χ2v) is 9.76. The highest BCUT2D eigenvalue weighted by Gasteiger charge is 2.34. The summed E-state index contributed by atoms with van der Waals surface area (Å²) in [5.41, 5.74) is 0.381. The molecule has 0 saturated heterocycles. The molecule has 0 aliphatic heterocycles. The van der Waals surface area contributed by atoms with E-state index < -0.39 is 23.7 Å². The minimum atomic E-state index is -5.12. The summed E-state index contributed by atoms with van der Waals surface area (Å²) in [6.07, 6.45) is 12.0. The molecule has 1 nitrogen and oxygen atoms in total. The van der Waals surface area contributed by atoms with Crippen molar-refractivity contribution in [2.45, 2.75) is 89.8 Å². The van der Waals surface area contributed by atoms with Crippen molar-refractivity contribution in [1.82, 2.24) is 0 Å². The SMILES string of the molecule is C=CCCCC1CCC(C2CCC(CCc3cc(F)c(OC(F)(F)F)c(F)c3)CC2)CC1. The fourth-order valence-electron chi connectivity index (χ4n) is 5.79. The van der Waals surface area contributed by atoms with Crippen LogP contribution < -0.4 is 4.74 Å². The van der Waals surface area contributed by atoms with Crippen LogP contribution in [-0.4, -0.2) is 6.36 Å². The molecule has 0 amide bonds. The summed E-state index contributed by atoms with van der Waals surface area (Å²) in [4.78, 5) is 0. The van der Waals surface area contributed by atoms with Gasteiger partial charge >= 0.3 is 6.36 Å². The summed E-state index contributed by atoms with van der Waals surface area (Å²) in [6, 6.07) is 1.92. The summed E-state index contributed by atoms with van der Waals surface area (Å²) < 4.78 is 68.1. The lowest BCUT2D eigenvalue weighted by molar-refractivity contribution is -0.276. The molecule has 180 valence electrons. The Labute approximate surface area is 188 Å². The first-order valence-electron chi connectivity index (χ1n) is 12.1. The molecule has 0 aromatic heterocycles. The summed E-state index contributed by atoms with van der Waals surface area (Å²) in [5, 5.41) is 0. The minimum Gasteiger partial charge on any atom is -0.399 e. The first kappa shape index (κ1) is 25.0. The van der Waals surface area contributed by atoms with E-state index in [4.69, 9.17) is 0 Å². The Morgan fingerprint density at radius 3 is 1.81 bits per heavy atom. The van der Waals surface area contributed by atoms with Gasteiger partial charge in [-0.15, -0.1) is 19.8 Å². The van der Waals surface area contributed by atoms with Crippen LogP contribution in [0, 0.1) is 35.3 Å². The Hall–Kier alpha value is -1.59. The second kappa shape index (κ2) is 11.5. The van der Waals surface area contributed by atoms with Gasteiger partial charge in [-0.05, 0) is 92.7 Å². The lowest BCUT2D eigenvalue weighted by Crippen LogP contribution is -2.26. The molecule has 6 heteroatoms. The molecule has 2 fully saturated rings. The monoisotopic (exact) mass is 458 g/mol. The number of ether oxygens (including phenoxy) is 1. The molecule has 2 aliphatic rings. The number of hydrogen-bond donors (Lipinski definition) is 0. The van der Waals surface area contributed by atoms with Gasteiger partial charge in [0.1, 0.15) is 0 Å². The van der Waals surface area contributed by atoms with E-state index in [0.717, 1.165) is 55.6 Å². The molecule has 0 unspecified atom stereocenters. The van der Waals surface area contributed by atoms with Crippen LogP contribution in [-0.2, 0) is 6.42 Å². The van der Waals surface area contributed by atoms with Crippen LogP contribution in [0.4, 0.5) is 22.0 Å². The Balaban J connectivity index is 1.40. The average Bonchev–Trinajstić information content (AvgIpc) is 2.75. The molecule has 0 N–H and O–H groups in total. The van der Waals surface area contributed by atoms with Gasteiger partial charge in [-0.2, -0.15) is 0 Å². The minimum absolute atomic E-state index is 0.381. The van der Waals surface area contributed by atoms with Gasteiger partial charge in [0.15, 0.2) is 11.6 Å². The lowest BCUT2D eigenvalue weighted by atomic mass is 9.68. The summed E-state index contributed by atoms with van der Waals surface area (Å²) in [7, 11) is 0. The van der Waals surface area contributed by atoms with Gasteiger partial charge in [-0.1, -0.05) is 38.2 Å². The molecular weight excluding hydrogens is 423 g/mol. The molecule has 2 saturated carbocycles. The van der Waals surface area contributed by atoms with Crippen LogP contribution in [0.25, 0.3) is 0 Å². The van der Waals surface area contributed by atoms with E-state index in [0.29, 0.717) is 17.9 Å². The Bertz CT molecular complexity index is 705. The maximum absolute atomic E-state index is 13.9. The number of benzene rings is 1. The third kappa shape index (κ3) is 7.48. The highest BCUT2D eigenvalue weighted by atomic mass is 19.4. The zero-order valence-corrected chi connectivity index (χ0v) is 18.7. The van der Waals surface area contributed by atoms with Crippen LogP contribution in [0.5, 0.6) is 5.75 Å². The van der Waals surface area contributed by atoms with Gasteiger partial charge in [0, 0.05) is 0 Å². The number of rotatable bonds is 9. The van der Waals surface area contributed by atoms with Crippen LogP contribution in [0.2, 0.25) is 0 Å². The van der Waals surface area contributed by atoms with E-state index in [1.54, 1.807) is 0 Å². The summed E-state index contributed by atoms with van der Waals surface area (Å²) in [5.74, 6) is -0.945. The first-order valence-corrected chi connectivity index (χ1v) is 12.1. The van der Waals surface area contributed by atoms with Crippen LogP contribution in [0.15, 0.2) is 24.8 Å². The van der Waals surface area contributed by atoms with Crippen LogP contribution >= 0.6 is 0 Å². The van der Waals surface area contributed by atoms with Gasteiger partial charge < -0.3 is 4.74 Å². The predicted octanol–water partition coefficient (Wildman–Crippen LogP) is 8.77. The maximum Gasteiger partial charge on any atom is 0.573 e. The molecule has 1 aromatic rings. The average molecular weight is 459 g/mol. The second-order valence-electron chi connectivity index (χ2n) is 9.76. The van der Waals surface area contributed by atoms with Gasteiger partial charge in [-0.3, -0.25) is 0 Å². The zero-order chi connectivity index (χ0) is 23.1.